The standard InChI is InChI=1S/C31H37NO2/c1-8-22-12-17-25(23-13-15-24(16-14-23)30(33)34-11-4)20-27(22)26-18-19-29(32(9-2)10-3)28(21-26)31(5,6)7/h8,12-21H,1,9-11H2,2-7H3. The van der Waals surface area contributed by atoms with Crippen LogP contribution in [0.2, 0.25) is 0 Å². The van der Waals surface area contributed by atoms with Crippen LogP contribution in [0.1, 0.15) is 63.0 Å². The number of nitrogens with zero attached hydrogens (tertiary/aromatic N) is 1. The molecule has 0 N–H and O–H groups in total. The Morgan fingerprint density at radius 1 is 0.882 bits per heavy atom. The highest BCUT2D eigenvalue weighted by Gasteiger charge is 2.22. The summed E-state index contributed by atoms with van der Waals surface area (Å²) >= 11 is 0. The molecule has 0 saturated heterocycles. The Morgan fingerprint density at radius 3 is 2.06 bits per heavy atom. The van der Waals surface area contributed by atoms with Crippen molar-refractivity contribution in [3.63, 3.8) is 0 Å². The zero-order valence-electron chi connectivity index (χ0n) is 21.4. The van der Waals surface area contributed by atoms with Crippen molar-refractivity contribution in [3.05, 3.63) is 83.9 Å². The molecule has 34 heavy (non-hydrogen) atoms. The van der Waals surface area contributed by atoms with Crippen molar-refractivity contribution >= 4 is 17.7 Å². The highest BCUT2D eigenvalue weighted by atomic mass is 16.5. The largest absolute Gasteiger partial charge is 0.462 e. The van der Waals surface area contributed by atoms with Gasteiger partial charge in [0.1, 0.15) is 0 Å². The smallest absolute Gasteiger partial charge is 0.338 e. The Kier molecular flexibility index (Phi) is 7.98. The monoisotopic (exact) mass is 455 g/mol. The van der Waals surface area contributed by atoms with Crippen LogP contribution in [0.25, 0.3) is 28.3 Å². The number of carbonyl (C=O) groups excluding carboxylic acids is 1. The molecule has 0 amide bonds. The van der Waals surface area contributed by atoms with E-state index in [1.54, 1.807) is 0 Å². The van der Waals surface area contributed by atoms with E-state index in [4.69, 9.17) is 4.74 Å². The third kappa shape index (κ3) is 5.41. The summed E-state index contributed by atoms with van der Waals surface area (Å²) in [7, 11) is 0. The molecule has 0 spiro atoms. The first-order valence-electron chi connectivity index (χ1n) is 12.2. The highest BCUT2D eigenvalue weighted by molar-refractivity contribution is 5.90. The van der Waals surface area contributed by atoms with Crippen molar-refractivity contribution in [3.8, 4) is 22.3 Å². The molecule has 0 aromatic heterocycles. The zero-order valence-corrected chi connectivity index (χ0v) is 21.4. The van der Waals surface area contributed by atoms with Crippen LogP contribution in [0.4, 0.5) is 5.69 Å². The second kappa shape index (κ2) is 10.7. The second-order valence-electron chi connectivity index (χ2n) is 9.46. The van der Waals surface area contributed by atoms with E-state index in [0.717, 1.165) is 35.3 Å². The van der Waals surface area contributed by atoms with Gasteiger partial charge in [-0.05, 0) is 89.9 Å². The Balaban J connectivity index is 2.09. The van der Waals surface area contributed by atoms with Gasteiger partial charge in [0.15, 0.2) is 0 Å². The lowest BCUT2D eigenvalue weighted by Gasteiger charge is -2.31. The molecule has 0 unspecified atom stereocenters. The molecule has 0 fully saturated rings. The van der Waals surface area contributed by atoms with Crippen LogP contribution in [0, 0.1) is 0 Å². The number of rotatable bonds is 8. The van der Waals surface area contributed by atoms with Crippen LogP contribution < -0.4 is 4.90 Å². The number of benzene rings is 3. The van der Waals surface area contributed by atoms with E-state index in [9.17, 15) is 4.79 Å². The van der Waals surface area contributed by atoms with Crippen molar-refractivity contribution in [1.29, 1.82) is 0 Å². The Morgan fingerprint density at radius 2 is 1.50 bits per heavy atom. The van der Waals surface area contributed by atoms with Gasteiger partial charge in [-0.3, -0.25) is 0 Å². The summed E-state index contributed by atoms with van der Waals surface area (Å²) in [5.74, 6) is -0.292. The summed E-state index contributed by atoms with van der Waals surface area (Å²) in [5.41, 5.74) is 8.81. The molecule has 0 radical (unpaired) electrons. The van der Waals surface area contributed by atoms with Gasteiger partial charge in [-0.15, -0.1) is 0 Å². The second-order valence-corrected chi connectivity index (χ2v) is 9.46. The number of hydrogen-bond acceptors (Lipinski definition) is 3. The number of carbonyl (C=O) groups is 1. The van der Waals surface area contributed by atoms with Gasteiger partial charge < -0.3 is 9.64 Å². The predicted molar refractivity (Wildman–Crippen MR) is 146 cm³/mol. The molecule has 178 valence electrons. The van der Waals surface area contributed by atoms with E-state index in [0.29, 0.717) is 12.2 Å². The lowest BCUT2D eigenvalue weighted by atomic mass is 9.83. The normalized spacial score (nSPS) is 11.2. The van der Waals surface area contributed by atoms with Crippen molar-refractivity contribution in [2.75, 3.05) is 24.6 Å². The predicted octanol–water partition coefficient (Wildman–Crippen LogP) is 7.98. The van der Waals surface area contributed by atoms with Gasteiger partial charge >= 0.3 is 5.97 Å². The third-order valence-corrected chi connectivity index (χ3v) is 6.22. The van der Waals surface area contributed by atoms with Gasteiger partial charge in [0, 0.05) is 18.8 Å². The maximum absolute atomic E-state index is 12.0. The van der Waals surface area contributed by atoms with Crippen molar-refractivity contribution in [2.45, 2.75) is 47.0 Å². The maximum Gasteiger partial charge on any atom is 0.338 e. The van der Waals surface area contributed by atoms with Crippen molar-refractivity contribution < 1.29 is 9.53 Å². The summed E-state index contributed by atoms with van der Waals surface area (Å²) < 4.78 is 5.11. The van der Waals surface area contributed by atoms with Crippen molar-refractivity contribution in [1.82, 2.24) is 0 Å². The molecule has 0 aliphatic carbocycles. The Labute approximate surface area is 205 Å². The summed E-state index contributed by atoms with van der Waals surface area (Å²) in [6.07, 6.45) is 1.91. The van der Waals surface area contributed by atoms with Crippen LogP contribution in [0.3, 0.4) is 0 Å². The van der Waals surface area contributed by atoms with Crippen LogP contribution in [-0.4, -0.2) is 25.7 Å². The van der Waals surface area contributed by atoms with E-state index >= 15 is 0 Å². The molecule has 3 heteroatoms. The molecular formula is C31H37NO2. The first-order valence-corrected chi connectivity index (χ1v) is 12.2. The molecular weight excluding hydrogens is 418 g/mol. The van der Waals surface area contributed by atoms with E-state index < -0.39 is 0 Å². The number of esters is 1. The SMILES string of the molecule is C=Cc1ccc(-c2ccc(C(=O)OCC)cc2)cc1-c1ccc(N(CC)CC)c(C(C)(C)C)c1. The molecule has 3 aromatic rings. The maximum atomic E-state index is 12.0. The molecule has 0 aliphatic rings. The molecule has 0 bridgehead atoms. The Hall–Kier alpha value is -3.33. The Bertz CT molecular complexity index is 1150. The van der Waals surface area contributed by atoms with Gasteiger partial charge in [0.2, 0.25) is 0 Å². The lowest BCUT2D eigenvalue weighted by Crippen LogP contribution is -2.26. The first-order chi connectivity index (χ1) is 16.2. The van der Waals surface area contributed by atoms with Crippen molar-refractivity contribution in [2.24, 2.45) is 0 Å². The minimum atomic E-state index is -0.292. The molecule has 0 aliphatic heterocycles. The fourth-order valence-electron chi connectivity index (χ4n) is 4.32. The average molecular weight is 456 g/mol. The summed E-state index contributed by atoms with van der Waals surface area (Å²) in [4.78, 5) is 14.4. The van der Waals surface area contributed by atoms with Gasteiger partial charge in [-0.2, -0.15) is 0 Å². The van der Waals surface area contributed by atoms with E-state index in [-0.39, 0.29) is 11.4 Å². The average Bonchev–Trinajstić information content (AvgIpc) is 2.84. The molecule has 3 nitrogen and oxygen atoms in total. The van der Waals surface area contributed by atoms with Gasteiger partial charge in [-0.1, -0.05) is 63.8 Å². The zero-order chi connectivity index (χ0) is 24.9. The summed E-state index contributed by atoms with van der Waals surface area (Å²) in [6, 6.07) is 20.9. The van der Waals surface area contributed by atoms with Crippen LogP contribution in [0.5, 0.6) is 0 Å². The fourth-order valence-corrected chi connectivity index (χ4v) is 4.32. The topological polar surface area (TPSA) is 29.5 Å². The number of ether oxygens (including phenoxy) is 1. The number of hydrogen-bond donors (Lipinski definition) is 0. The minimum Gasteiger partial charge on any atom is -0.462 e. The highest BCUT2D eigenvalue weighted by Crippen LogP contribution is 2.38. The quantitative estimate of drug-likeness (QED) is 0.322. The van der Waals surface area contributed by atoms with Crippen LogP contribution in [-0.2, 0) is 10.2 Å². The fraction of sp³-hybridized carbons (Fsp3) is 0.323. The molecule has 3 rings (SSSR count). The number of anilines is 1. The molecule has 0 saturated carbocycles. The lowest BCUT2D eigenvalue weighted by molar-refractivity contribution is 0.0526. The van der Waals surface area contributed by atoms with E-state index in [1.807, 2.05) is 37.3 Å². The van der Waals surface area contributed by atoms with Crippen LogP contribution >= 0.6 is 0 Å². The molecule has 0 atom stereocenters. The van der Waals surface area contributed by atoms with E-state index in [1.165, 1.54) is 16.8 Å². The first kappa shape index (κ1) is 25.3. The molecule has 0 heterocycles. The van der Waals surface area contributed by atoms with Gasteiger partial charge in [0.05, 0.1) is 12.2 Å². The minimum absolute atomic E-state index is 0.0167. The van der Waals surface area contributed by atoms with E-state index in [2.05, 4.69) is 82.5 Å². The van der Waals surface area contributed by atoms with Gasteiger partial charge in [-0.25, -0.2) is 4.79 Å². The van der Waals surface area contributed by atoms with Gasteiger partial charge in [0.25, 0.3) is 0 Å². The third-order valence-electron chi connectivity index (χ3n) is 6.22. The summed E-state index contributed by atoms with van der Waals surface area (Å²) in [6.45, 7) is 19.4. The van der Waals surface area contributed by atoms with Crippen LogP contribution in [0.15, 0.2) is 67.2 Å². The molecule has 3 aromatic carbocycles. The summed E-state index contributed by atoms with van der Waals surface area (Å²) in [5, 5.41) is 0.